The number of methoxy groups -OCH3 is 2. The van der Waals surface area contributed by atoms with Crippen molar-refractivity contribution in [2.75, 3.05) is 32.8 Å². The first kappa shape index (κ1) is 26.3. The van der Waals surface area contributed by atoms with Crippen molar-refractivity contribution < 1.29 is 23.7 Å². The zero-order valence-corrected chi connectivity index (χ0v) is 21.7. The van der Waals surface area contributed by atoms with Crippen LogP contribution in [0.25, 0.3) is 17.3 Å². The van der Waals surface area contributed by atoms with Crippen LogP contribution >= 0.6 is 11.3 Å². The molecule has 8 nitrogen and oxygen atoms in total. The second kappa shape index (κ2) is 12.9. The minimum Gasteiger partial charge on any atom is -0.497 e. The molecule has 0 unspecified atom stereocenters. The Morgan fingerprint density at radius 1 is 0.947 bits per heavy atom. The highest BCUT2D eigenvalue weighted by Gasteiger charge is 2.14. The maximum absolute atomic E-state index is 12.7. The van der Waals surface area contributed by atoms with E-state index in [1.54, 1.807) is 25.3 Å². The first-order valence-corrected chi connectivity index (χ1v) is 12.5. The number of hydrogen-bond donors (Lipinski definition) is 1. The lowest BCUT2D eigenvalue weighted by molar-refractivity contribution is -0.112. The molecule has 0 saturated carbocycles. The molecular formula is C29H25N3O5S. The summed E-state index contributed by atoms with van der Waals surface area (Å²) in [5, 5.41) is 14.6. The standard InChI is InChI=1S/C29H25N3O5S/c1-34-23-9-11-24(12-10-23)36-14-15-37-26-13-8-20(17-27(26)35-2)16-22(18-30)28(33)32-29-31-25(19-38-29)21-6-4-3-5-7-21/h3-13,16-17,19H,14-15H2,1-2H3,(H,31,32,33)/b22-16-. The van der Waals surface area contributed by atoms with Crippen molar-refractivity contribution in [3.63, 3.8) is 0 Å². The minimum atomic E-state index is -0.545. The molecular weight excluding hydrogens is 502 g/mol. The van der Waals surface area contributed by atoms with Crippen LogP contribution in [0.15, 0.2) is 83.7 Å². The fourth-order valence-electron chi connectivity index (χ4n) is 3.43. The number of hydrogen-bond acceptors (Lipinski definition) is 8. The lowest BCUT2D eigenvalue weighted by atomic mass is 10.1. The molecule has 0 aliphatic rings. The van der Waals surface area contributed by atoms with Crippen LogP contribution in [0, 0.1) is 11.3 Å². The Bertz CT molecular complexity index is 1440. The highest BCUT2D eigenvalue weighted by molar-refractivity contribution is 7.14. The summed E-state index contributed by atoms with van der Waals surface area (Å²) in [5.74, 6) is 1.90. The highest BCUT2D eigenvalue weighted by Crippen LogP contribution is 2.29. The van der Waals surface area contributed by atoms with Crippen LogP contribution in [0.3, 0.4) is 0 Å². The van der Waals surface area contributed by atoms with Gasteiger partial charge in [-0.15, -0.1) is 11.3 Å². The Balaban J connectivity index is 1.36. The number of ether oxygens (including phenoxy) is 4. The highest BCUT2D eigenvalue weighted by atomic mass is 32.1. The maximum atomic E-state index is 12.7. The number of amides is 1. The second-order valence-electron chi connectivity index (χ2n) is 7.81. The van der Waals surface area contributed by atoms with Gasteiger partial charge in [0.25, 0.3) is 5.91 Å². The third-order valence-corrected chi connectivity index (χ3v) is 6.08. The molecule has 0 saturated heterocycles. The molecule has 9 heteroatoms. The van der Waals surface area contributed by atoms with Crippen molar-refractivity contribution in [1.82, 2.24) is 4.98 Å². The Morgan fingerprint density at radius 2 is 1.68 bits per heavy atom. The summed E-state index contributed by atoms with van der Waals surface area (Å²) in [5.41, 5.74) is 2.25. The Kier molecular flexibility index (Phi) is 8.94. The van der Waals surface area contributed by atoms with Gasteiger partial charge in [0.15, 0.2) is 16.6 Å². The lowest BCUT2D eigenvalue weighted by Crippen LogP contribution is -2.13. The van der Waals surface area contributed by atoms with Crippen molar-refractivity contribution in [2.45, 2.75) is 0 Å². The predicted octanol–water partition coefficient (Wildman–Crippen LogP) is 5.83. The Morgan fingerprint density at radius 3 is 2.39 bits per heavy atom. The van der Waals surface area contributed by atoms with Crippen LogP contribution in [0.4, 0.5) is 5.13 Å². The summed E-state index contributed by atoms with van der Waals surface area (Å²) < 4.78 is 22.1. The number of carbonyl (C=O) groups is 1. The predicted molar refractivity (Wildman–Crippen MR) is 147 cm³/mol. The zero-order chi connectivity index (χ0) is 26.7. The number of benzene rings is 3. The maximum Gasteiger partial charge on any atom is 0.268 e. The van der Waals surface area contributed by atoms with Crippen molar-refractivity contribution in [3.8, 4) is 40.3 Å². The van der Waals surface area contributed by atoms with Crippen LogP contribution in [0.1, 0.15) is 5.56 Å². The van der Waals surface area contributed by atoms with E-state index in [1.165, 1.54) is 24.5 Å². The molecule has 4 aromatic rings. The van der Waals surface area contributed by atoms with E-state index in [0.717, 1.165) is 17.0 Å². The normalized spacial score (nSPS) is 10.8. The van der Waals surface area contributed by atoms with Crippen LogP contribution in [-0.4, -0.2) is 38.3 Å². The fourth-order valence-corrected chi connectivity index (χ4v) is 4.14. The van der Waals surface area contributed by atoms with Gasteiger partial charge >= 0.3 is 0 Å². The lowest BCUT2D eigenvalue weighted by Gasteiger charge is -2.12. The summed E-state index contributed by atoms with van der Waals surface area (Å²) in [7, 11) is 3.13. The van der Waals surface area contributed by atoms with E-state index in [2.05, 4.69) is 10.3 Å². The molecule has 3 aromatic carbocycles. The number of rotatable bonds is 11. The largest absolute Gasteiger partial charge is 0.497 e. The van der Waals surface area contributed by atoms with Gasteiger partial charge in [-0.25, -0.2) is 4.98 Å². The molecule has 0 spiro atoms. The molecule has 1 N–H and O–H groups in total. The molecule has 0 aliphatic carbocycles. The second-order valence-corrected chi connectivity index (χ2v) is 8.67. The summed E-state index contributed by atoms with van der Waals surface area (Å²) in [6.45, 7) is 0.626. The molecule has 0 radical (unpaired) electrons. The number of aromatic nitrogens is 1. The molecule has 0 aliphatic heterocycles. The molecule has 38 heavy (non-hydrogen) atoms. The van der Waals surface area contributed by atoms with Crippen molar-refractivity contribution in [3.05, 3.63) is 89.3 Å². The van der Waals surface area contributed by atoms with Gasteiger partial charge in [0.1, 0.15) is 36.4 Å². The third kappa shape index (κ3) is 6.90. The van der Waals surface area contributed by atoms with Crippen LogP contribution in [0.5, 0.6) is 23.0 Å². The monoisotopic (exact) mass is 527 g/mol. The molecule has 1 amide bonds. The number of carbonyl (C=O) groups excluding carboxylic acids is 1. The third-order valence-electron chi connectivity index (χ3n) is 5.33. The summed E-state index contributed by atoms with van der Waals surface area (Å²) >= 11 is 1.29. The summed E-state index contributed by atoms with van der Waals surface area (Å²) in [6, 6.07) is 24.0. The molecule has 0 atom stereocenters. The van der Waals surface area contributed by atoms with Crippen molar-refractivity contribution in [1.29, 1.82) is 5.26 Å². The van der Waals surface area contributed by atoms with Crippen molar-refractivity contribution in [2.24, 2.45) is 0 Å². The Labute approximate surface area is 224 Å². The van der Waals surface area contributed by atoms with Gasteiger partial charge in [0, 0.05) is 10.9 Å². The van der Waals surface area contributed by atoms with E-state index in [9.17, 15) is 10.1 Å². The quantitative estimate of drug-likeness (QED) is 0.149. The van der Waals surface area contributed by atoms with E-state index in [4.69, 9.17) is 18.9 Å². The molecule has 0 fully saturated rings. The number of nitrogens with one attached hydrogen (secondary N) is 1. The number of anilines is 1. The minimum absolute atomic E-state index is 0.0647. The van der Waals surface area contributed by atoms with Crippen LogP contribution in [0.2, 0.25) is 0 Å². The van der Waals surface area contributed by atoms with E-state index in [0.29, 0.717) is 41.2 Å². The van der Waals surface area contributed by atoms with E-state index in [1.807, 2.05) is 66.0 Å². The first-order chi connectivity index (χ1) is 18.6. The first-order valence-electron chi connectivity index (χ1n) is 11.6. The number of thiazole rings is 1. The number of nitriles is 1. The van der Waals surface area contributed by atoms with Gasteiger partial charge in [-0.2, -0.15) is 5.26 Å². The molecule has 1 heterocycles. The fraction of sp³-hybridized carbons (Fsp3) is 0.138. The van der Waals surface area contributed by atoms with E-state index in [-0.39, 0.29) is 5.57 Å². The van der Waals surface area contributed by atoms with Gasteiger partial charge in [-0.1, -0.05) is 36.4 Å². The zero-order valence-electron chi connectivity index (χ0n) is 20.8. The van der Waals surface area contributed by atoms with Gasteiger partial charge in [-0.05, 0) is 48.0 Å². The van der Waals surface area contributed by atoms with Gasteiger partial charge in [-0.3, -0.25) is 10.1 Å². The molecule has 192 valence electrons. The van der Waals surface area contributed by atoms with E-state index >= 15 is 0 Å². The number of nitrogens with zero attached hydrogens (tertiary/aromatic N) is 2. The van der Waals surface area contributed by atoms with Gasteiger partial charge < -0.3 is 18.9 Å². The molecule has 4 rings (SSSR count). The van der Waals surface area contributed by atoms with Gasteiger partial charge in [0.2, 0.25) is 0 Å². The van der Waals surface area contributed by atoms with Gasteiger partial charge in [0.05, 0.1) is 19.9 Å². The molecule has 1 aromatic heterocycles. The van der Waals surface area contributed by atoms with Crippen LogP contribution in [-0.2, 0) is 4.79 Å². The van der Waals surface area contributed by atoms with Crippen LogP contribution < -0.4 is 24.3 Å². The Hall–Kier alpha value is -4.81. The average Bonchev–Trinajstić information content (AvgIpc) is 3.43. The summed E-state index contributed by atoms with van der Waals surface area (Å²) in [6.07, 6.45) is 1.49. The van der Waals surface area contributed by atoms with Crippen molar-refractivity contribution >= 4 is 28.5 Å². The SMILES string of the molecule is COc1ccc(OCCOc2ccc(/C=C(/C#N)C(=O)Nc3nc(-c4ccccc4)cs3)cc2OC)cc1. The average molecular weight is 528 g/mol. The molecule has 0 bridgehead atoms. The van der Waals surface area contributed by atoms with E-state index < -0.39 is 5.91 Å². The smallest absolute Gasteiger partial charge is 0.268 e. The topological polar surface area (TPSA) is 103 Å². The summed E-state index contributed by atoms with van der Waals surface area (Å²) in [4.78, 5) is 17.2.